The third kappa shape index (κ3) is 2.23. The summed E-state index contributed by atoms with van der Waals surface area (Å²) in [4.78, 5) is 7.52. The van der Waals surface area contributed by atoms with Gasteiger partial charge in [0.25, 0.3) is 0 Å². The van der Waals surface area contributed by atoms with Crippen molar-refractivity contribution >= 4 is 17.2 Å². The zero-order chi connectivity index (χ0) is 22.7. The van der Waals surface area contributed by atoms with Gasteiger partial charge in [-0.2, -0.15) is 0 Å². The van der Waals surface area contributed by atoms with Crippen molar-refractivity contribution in [3.63, 3.8) is 0 Å². The molecule has 0 saturated heterocycles. The first-order chi connectivity index (χ1) is 17.3. The smallest absolute Gasteiger partial charge is 0.141 e. The number of hydrogen-bond acceptors (Lipinski definition) is 2. The van der Waals surface area contributed by atoms with Gasteiger partial charge in [-0.1, -0.05) is 72.8 Å². The van der Waals surface area contributed by atoms with E-state index in [0.717, 1.165) is 31.5 Å². The molecule has 5 aromatic rings. The van der Waals surface area contributed by atoms with Crippen molar-refractivity contribution in [1.29, 1.82) is 0 Å². The predicted molar refractivity (Wildman–Crippen MR) is 141 cm³/mol. The molecule has 4 aliphatic rings. The number of hydrogen-bond donors (Lipinski definition) is 0. The summed E-state index contributed by atoms with van der Waals surface area (Å²) in [5.74, 6) is 1.10. The second-order valence-electron chi connectivity index (χ2n) is 10.3. The van der Waals surface area contributed by atoms with Crippen molar-refractivity contribution in [2.24, 2.45) is 0 Å². The molecule has 1 aromatic heterocycles. The van der Waals surface area contributed by atoms with Crippen molar-refractivity contribution in [2.75, 3.05) is 4.90 Å². The highest BCUT2D eigenvalue weighted by Gasteiger charge is 2.39. The molecule has 0 radical (unpaired) electrons. The maximum Gasteiger partial charge on any atom is 0.141 e. The maximum atomic E-state index is 4.99. The van der Waals surface area contributed by atoms with Crippen LogP contribution in [0.25, 0.3) is 22.3 Å². The van der Waals surface area contributed by atoms with Gasteiger partial charge >= 0.3 is 0 Å². The fourth-order valence-corrected chi connectivity index (χ4v) is 7.18. The van der Waals surface area contributed by atoms with E-state index >= 15 is 0 Å². The zero-order valence-corrected chi connectivity index (χ0v) is 19.3. The van der Waals surface area contributed by atoms with E-state index in [1.165, 1.54) is 78.1 Å². The first-order valence-electron chi connectivity index (χ1n) is 12.6. The Balaban J connectivity index is 1.40. The van der Waals surface area contributed by atoms with E-state index < -0.39 is 0 Å². The minimum atomic E-state index is 0.945. The Morgan fingerprint density at radius 1 is 0.514 bits per heavy atom. The molecule has 0 bridgehead atoms. The molecule has 0 unspecified atom stereocenters. The molecule has 4 aromatic carbocycles. The van der Waals surface area contributed by atoms with Crippen LogP contribution in [0.15, 0.2) is 85.1 Å². The van der Waals surface area contributed by atoms with Crippen LogP contribution in [0.2, 0.25) is 0 Å². The zero-order valence-electron chi connectivity index (χ0n) is 19.3. The number of benzene rings is 4. The molecule has 164 valence electrons. The first-order valence-corrected chi connectivity index (χ1v) is 12.6. The average Bonchev–Trinajstić information content (AvgIpc) is 3.46. The summed E-state index contributed by atoms with van der Waals surface area (Å²) in [6.45, 7) is 0. The van der Waals surface area contributed by atoms with Crippen LogP contribution >= 0.6 is 0 Å². The highest BCUT2D eigenvalue weighted by Crippen LogP contribution is 2.58. The van der Waals surface area contributed by atoms with Crippen LogP contribution < -0.4 is 4.90 Å². The third-order valence-corrected chi connectivity index (χ3v) is 8.52. The Morgan fingerprint density at radius 2 is 1.20 bits per heavy atom. The molecular formula is C33H22N2. The molecule has 2 heteroatoms. The van der Waals surface area contributed by atoms with E-state index in [9.17, 15) is 0 Å². The second kappa shape index (κ2) is 6.28. The minimum absolute atomic E-state index is 0.945. The molecule has 2 aliphatic heterocycles. The summed E-state index contributed by atoms with van der Waals surface area (Å²) in [5, 5.41) is 0. The SMILES string of the molecule is c1ccc2c(c1)Cc1cc3c4c(c1-2)Cc1cccnc1N4c1c(ccc2c1-c1ccccc1C2)C3. The van der Waals surface area contributed by atoms with Gasteiger partial charge in [-0.05, 0) is 80.1 Å². The number of aromatic nitrogens is 1. The maximum absolute atomic E-state index is 4.99. The molecule has 9 rings (SSSR count). The molecule has 2 aliphatic carbocycles. The van der Waals surface area contributed by atoms with Gasteiger partial charge in [-0.25, -0.2) is 4.98 Å². The van der Waals surface area contributed by atoms with Crippen LogP contribution in [0.3, 0.4) is 0 Å². The van der Waals surface area contributed by atoms with Gasteiger partial charge in [0, 0.05) is 24.6 Å². The number of nitrogens with zero attached hydrogens (tertiary/aromatic N) is 2. The number of fused-ring (bicyclic) bond motifs is 12. The lowest BCUT2D eigenvalue weighted by Crippen LogP contribution is -2.27. The van der Waals surface area contributed by atoms with Crippen molar-refractivity contribution < 1.29 is 0 Å². The Kier molecular flexibility index (Phi) is 3.27. The first kappa shape index (κ1) is 18.2. The summed E-state index contributed by atoms with van der Waals surface area (Å²) in [7, 11) is 0. The van der Waals surface area contributed by atoms with Crippen molar-refractivity contribution in [2.45, 2.75) is 25.7 Å². The Bertz CT molecular complexity index is 1760. The largest absolute Gasteiger partial charge is 0.293 e. The van der Waals surface area contributed by atoms with Gasteiger partial charge in [-0.15, -0.1) is 0 Å². The molecule has 0 N–H and O–H groups in total. The lowest BCUT2D eigenvalue weighted by Gasteiger charge is -2.40. The van der Waals surface area contributed by atoms with Gasteiger partial charge < -0.3 is 0 Å². The average molecular weight is 447 g/mol. The summed E-state index contributed by atoms with van der Waals surface area (Å²) < 4.78 is 0. The van der Waals surface area contributed by atoms with E-state index in [2.05, 4.69) is 83.8 Å². The fraction of sp³-hybridized carbons (Fsp3) is 0.121. The van der Waals surface area contributed by atoms with E-state index in [1.54, 1.807) is 0 Å². The van der Waals surface area contributed by atoms with Crippen molar-refractivity contribution in [3.05, 3.63) is 130 Å². The summed E-state index contributed by atoms with van der Waals surface area (Å²) in [6.07, 6.45) is 5.93. The van der Waals surface area contributed by atoms with Gasteiger partial charge in [0.15, 0.2) is 0 Å². The number of pyridine rings is 1. The Morgan fingerprint density at radius 3 is 2.06 bits per heavy atom. The Labute approximate surface area is 204 Å². The molecular weight excluding hydrogens is 424 g/mol. The molecule has 2 nitrogen and oxygen atoms in total. The van der Waals surface area contributed by atoms with E-state index in [4.69, 9.17) is 4.98 Å². The van der Waals surface area contributed by atoms with Gasteiger partial charge in [0.1, 0.15) is 5.82 Å². The molecule has 0 amide bonds. The van der Waals surface area contributed by atoms with Gasteiger partial charge in [0.2, 0.25) is 0 Å². The normalized spacial score (nSPS) is 14.9. The lowest BCUT2D eigenvalue weighted by molar-refractivity contribution is 0.978. The topological polar surface area (TPSA) is 16.1 Å². The molecule has 0 spiro atoms. The highest BCUT2D eigenvalue weighted by atomic mass is 15.2. The van der Waals surface area contributed by atoms with Crippen LogP contribution in [0, 0.1) is 0 Å². The molecule has 0 fully saturated rings. The highest BCUT2D eigenvalue weighted by molar-refractivity contribution is 6.01. The molecule has 0 atom stereocenters. The van der Waals surface area contributed by atoms with E-state index in [0.29, 0.717) is 0 Å². The number of rotatable bonds is 0. The van der Waals surface area contributed by atoms with Crippen LogP contribution in [0.5, 0.6) is 0 Å². The van der Waals surface area contributed by atoms with E-state index in [1.807, 2.05) is 6.20 Å². The van der Waals surface area contributed by atoms with Crippen LogP contribution in [-0.2, 0) is 25.7 Å². The minimum Gasteiger partial charge on any atom is -0.293 e. The van der Waals surface area contributed by atoms with Crippen LogP contribution in [0.1, 0.15) is 44.5 Å². The molecule has 3 heterocycles. The Hall–Kier alpha value is -4.17. The number of anilines is 3. The van der Waals surface area contributed by atoms with Gasteiger partial charge in [0.05, 0.1) is 11.4 Å². The molecule has 0 saturated carbocycles. The predicted octanol–water partition coefficient (Wildman–Crippen LogP) is 7.50. The summed E-state index contributed by atoms with van der Waals surface area (Å²) >= 11 is 0. The summed E-state index contributed by atoms with van der Waals surface area (Å²) in [6, 6.07) is 29.5. The monoisotopic (exact) mass is 446 g/mol. The van der Waals surface area contributed by atoms with Crippen LogP contribution in [-0.4, -0.2) is 4.98 Å². The standard InChI is InChI=1S/C33H22N2/c1-3-9-26-20(7-1)15-24-17-25-16-22-12-11-21-14-19-6-2-4-10-27(19)30(21)32(22)35-31(25)28(29(24)26)18-23-8-5-13-34-33(23)35/h1-13,17H,14-16,18H2. The molecule has 35 heavy (non-hydrogen) atoms. The lowest BCUT2D eigenvalue weighted by atomic mass is 9.81. The van der Waals surface area contributed by atoms with Crippen LogP contribution in [0.4, 0.5) is 17.2 Å². The summed E-state index contributed by atoms with van der Waals surface area (Å²) in [5.41, 5.74) is 19.9. The van der Waals surface area contributed by atoms with Crippen molar-refractivity contribution in [3.8, 4) is 22.3 Å². The fourth-order valence-electron chi connectivity index (χ4n) is 7.18. The van der Waals surface area contributed by atoms with E-state index in [-0.39, 0.29) is 0 Å². The van der Waals surface area contributed by atoms with Gasteiger partial charge in [-0.3, -0.25) is 4.90 Å². The quantitative estimate of drug-likeness (QED) is 0.240. The van der Waals surface area contributed by atoms with Crippen molar-refractivity contribution in [1.82, 2.24) is 4.98 Å². The third-order valence-electron chi connectivity index (χ3n) is 8.52. The second-order valence-corrected chi connectivity index (χ2v) is 10.3.